The highest BCUT2D eigenvalue weighted by atomic mass is 16.3. The third-order valence-corrected chi connectivity index (χ3v) is 4.47. The van der Waals surface area contributed by atoms with Crippen LogP contribution in [-0.2, 0) is 4.79 Å². The van der Waals surface area contributed by atoms with Crippen LogP contribution in [0.5, 0.6) is 0 Å². The maximum atomic E-state index is 11.3. The van der Waals surface area contributed by atoms with E-state index in [1.165, 1.54) is 12.8 Å². The normalized spacial score (nSPS) is 38.4. The third-order valence-electron chi connectivity index (χ3n) is 4.47. The molecule has 0 aromatic rings. The number of carbonyl (C=O) groups is 1. The summed E-state index contributed by atoms with van der Waals surface area (Å²) in [6, 6.07) is -0.451. The third kappa shape index (κ3) is 2.63. The molecule has 1 heterocycles. The average Bonchev–Trinajstić information content (AvgIpc) is 2.51. The lowest BCUT2D eigenvalue weighted by Crippen LogP contribution is -2.48. The Balaban J connectivity index is 1.82. The molecule has 1 amide bonds. The zero-order valence-corrected chi connectivity index (χ0v) is 10.8. The lowest BCUT2D eigenvalue weighted by atomic mass is 9.69. The molecule has 1 saturated heterocycles. The number of aliphatic hydroxyl groups is 1. The Bertz CT molecular complexity index is 287. The van der Waals surface area contributed by atoms with Gasteiger partial charge in [0, 0.05) is 13.1 Å². The summed E-state index contributed by atoms with van der Waals surface area (Å²) in [6.45, 7) is 6.27. The Morgan fingerprint density at radius 2 is 2.12 bits per heavy atom. The number of rotatable bonds is 4. The van der Waals surface area contributed by atoms with Crippen molar-refractivity contribution in [1.29, 1.82) is 0 Å². The number of amides is 1. The monoisotopic (exact) mass is 240 g/mol. The van der Waals surface area contributed by atoms with Crippen LogP contribution in [-0.4, -0.2) is 41.1 Å². The van der Waals surface area contributed by atoms with Crippen molar-refractivity contribution in [3.05, 3.63) is 0 Å². The van der Waals surface area contributed by atoms with Crippen molar-refractivity contribution in [2.45, 2.75) is 45.3 Å². The van der Waals surface area contributed by atoms with Gasteiger partial charge in [0.15, 0.2) is 0 Å². The van der Waals surface area contributed by atoms with E-state index in [0.717, 1.165) is 24.9 Å². The van der Waals surface area contributed by atoms with Crippen molar-refractivity contribution in [1.82, 2.24) is 4.90 Å². The van der Waals surface area contributed by atoms with E-state index in [1.807, 2.05) is 0 Å². The van der Waals surface area contributed by atoms with Gasteiger partial charge in [0.2, 0.25) is 5.91 Å². The summed E-state index contributed by atoms with van der Waals surface area (Å²) >= 11 is 0. The van der Waals surface area contributed by atoms with Crippen LogP contribution in [0.2, 0.25) is 0 Å². The minimum absolute atomic E-state index is 0.380. The van der Waals surface area contributed by atoms with Crippen LogP contribution in [0.3, 0.4) is 0 Å². The summed E-state index contributed by atoms with van der Waals surface area (Å²) in [5, 5.41) is 9.73. The van der Waals surface area contributed by atoms with Crippen LogP contribution in [0.25, 0.3) is 0 Å². The summed E-state index contributed by atoms with van der Waals surface area (Å²) in [5.41, 5.74) is 5.35. The van der Waals surface area contributed by atoms with E-state index in [9.17, 15) is 9.90 Å². The number of hydrogen-bond donors (Lipinski definition) is 2. The molecule has 0 aromatic heterocycles. The molecule has 4 heteroatoms. The Morgan fingerprint density at radius 1 is 1.47 bits per heavy atom. The second-order valence-electron chi connectivity index (χ2n) is 6.04. The SMILES string of the molecule is CC(C)[C@H]1C[C@@H](CN2CC[C@H](O)[C@@H]2C(N)=O)C1. The molecule has 0 unspecified atom stereocenters. The fourth-order valence-electron chi connectivity index (χ4n) is 3.23. The molecule has 98 valence electrons. The van der Waals surface area contributed by atoms with Crippen LogP contribution < -0.4 is 5.73 Å². The minimum Gasteiger partial charge on any atom is -0.391 e. The lowest BCUT2D eigenvalue weighted by Gasteiger charge is -2.41. The fourth-order valence-corrected chi connectivity index (χ4v) is 3.23. The van der Waals surface area contributed by atoms with Crippen molar-refractivity contribution in [2.75, 3.05) is 13.1 Å². The van der Waals surface area contributed by atoms with Crippen molar-refractivity contribution >= 4 is 5.91 Å². The van der Waals surface area contributed by atoms with Crippen LogP contribution in [0.4, 0.5) is 0 Å². The van der Waals surface area contributed by atoms with Crippen LogP contribution >= 0.6 is 0 Å². The number of carbonyl (C=O) groups excluding carboxylic acids is 1. The van der Waals surface area contributed by atoms with E-state index in [1.54, 1.807) is 0 Å². The lowest BCUT2D eigenvalue weighted by molar-refractivity contribution is -0.125. The van der Waals surface area contributed by atoms with E-state index in [4.69, 9.17) is 5.73 Å². The van der Waals surface area contributed by atoms with Crippen LogP contribution in [0, 0.1) is 17.8 Å². The van der Waals surface area contributed by atoms with Crippen LogP contribution in [0.15, 0.2) is 0 Å². The predicted octanol–water partition coefficient (Wildman–Crippen LogP) is 0.589. The van der Waals surface area contributed by atoms with E-state index < -0.39 is 12.1 Å². The van der Waals surface area contributed by atoms with Gasteiger partial charge in [-0.1, -0.05) is 13.8 Å². The van der Waals surface area contributed by atoms with Gasteiger partial charge < -0.3 is 10.8 Å². The number of aliphatic hydroxyl groups excluding tert-OH is 1. The summed E-state index contributed by atoms with van der Waals surface area (Å²) in [7, 11) is 0. The van der Waals surface area contributed by atoms with E-state index in [2.05, 4.69) is 18.7 Å². The van der Waals surface area contributed by atoms with Crippen molar-refractivity contribution in [2.24, 2.45) is 23.5 Å². The van der Waals surface area contributed by atoms with Gasteiger partial charge in [0.25, 0.3) is 0 Å². The second-order valence-corrected chi connectivity index (χ2v) is 6.04. The number of primary amides is 1. The number of nitrogens with zero attached hydrogens (tertiary/aromatic N) is 1. The Hall–Kier alpha value is -0.610. The standard InChI is InChI=1S/C13H24N2O2/c1-8(2)10-5-9(6-10)7-15-4-3-11(16)12(15)13(14)17/h8-12,16H,3-7H2,1-2H3,(H2,14,17)/t9-,10+,11-,12+/m0/s1. The largest absolute Gasteiger partial charge is 0.391 e. The smallest absolute Gasteiger partial charge is 0.237 e. The van der Waals surface area contributed by atoms with Gasteiger partial charge >= 0.3 is 0 Å². The Morgan fingerprint density at radius 3 is 2.65 bits per heavy atom. The molecule has 3 N–H and O–H groups in total. The molecule has 1 aliphatic heterocycles. The van der Waals surface area contributed by atoms with E-state index >= 15 is 0 Å². The van der Waals surface area contributed by atoms with Gasteiger partial charge in [0.1, 0.15) is 6.04 Å². The predicted molar refractivity (Wildman–Crippen MR) is 66.2 cm³/mol. The van der Waals surface area contributed by atoms with Gasteiger partial charge in [0.05, 0.1) is 6.10 Å². The maximum absolute atomic E-state index is 11.3. The molecule has 2 rings (SSSR count). The van der Waals surface area contributed by atoms with Gasteiger partial charge in [-0.05, 0) is 37.0 Å². The summed E-state index contributed by atoms with van der Waals surface area (Å²) in [5.74, 6) is 1.92. The molecular weight excluding hydrogens is 216 g/mol. The summed E-state index contributed by atoms with van der Waals surface area (Å²) in [4.78, 5) is 13.4. The first-order valence-electron chi connectivity index (χ1n) is 6.70. The second kappa shape index (κ2) is 4.94. The molecule has 1 aliphatic carbocycles. The first kappa shape index (κ1) is 12.8. The highest BCUT2D eigenvalue weighted by Crippen LogP contribution is 2.39. The van der Waals surface area contributed by atoms with E-state index in [-0.39, 0.29) is 5.91 Å². The molecular formula is C13H24N2O2. The fraction of sp³-hybridized carbons (Fsp3) is 0.923. The summed E-state index contributed by atoms with van der Waals surface area (Å²) in [6.07, 6.45) is 2.63. The average molecular weight is 240 g/mol. The number of hydrogen-bond acceptors (Lipinski definition) is 3. The number of likely N-dealkylation sites (tertiary alicyclic amines) is 1. The summed E-state index contributed by atoms with van der Waals surface area (Å²) < 4.78 is 0. The first-order chi connectivity index (χ1) is 7.99. The maximum Gasteiger partial charge on any atom is 0.237 e. The number of nitrogens with two attached hydrogens (primary N) is 1. The molecule has 0 radical (unpaired) electrons. The zero-order valence-electron chi connectivity index (χ0n) is 10.8. The first-order valence-corrected chi connectivity index (χ1v) is 6.70. The van der Waals surface area contributed by atoms with Crippen molar-refractivity contribution < 1.29 is 9.90 Å². The Labute approximate surface area is 103 Å². The van der Waals surface area contributed by atoms with Crippen LogP contribution in [0.1, 0.15) is 33.1 Å². The molecule has 2 atom stereocenters. The molecule has 4 nitrogen and oxygen atoms in total. The quantitative estimate of drug-likeness (QED) is 0.756. The van der Waals surface area contributed by atoms with Gasteiger partial charge in [-0.25, -0.2) is 0 Å². The molecule has 0 spiro atoms. The van der Waals surface area contributed by atoms with Crippen molar-refractivity contribution in [3.63, 3.8) is 0 Å². The van der Waals surface area contributed by atoms with E-state index in [0.29, 0.717) is 12.3 Å². The molecule has 2 fully saturated rings. The minimum atomic E-state index is -0.562. The van der Waals surface area contributed by atoms with Gasteiger partial charge in [-0.15, -0.1) is 0 Å². The van der Waals surface area contributed by atoms with Crippen molar-refractivity contribution in [3.8, 4) is 0 Å². The molecule has 0 bridgehead atoms. The zero-order chi connectivity index (χ0) is 12.6. The molecule has 1 saturated carbocycles. The molecule has 17 heavy (non-hydrogen) atoms. The van der Waals surface area contributed by atoms with Gasteiger partial charge in [-0.3, -0.25) is 9.69 Å². The highest BCUT2D eigenvalue weighted by molar-refractivity contribution is 5.80. The molecule has 0 aromatic carbocycles. The highest BCUT2D eigenvalue weighted by Gasteiger charge is 2.40. The topological polar surface area (TPSA) is 66.6 Å². The Kier molecular flexibility index (Phi) is 3.73. The van der Waals surface area contributed by atoms with Gasteiger partial charge in [-0.2, -0.15) is 0 Å². The molecule has 2 aliphatic rings.